The summed E-state index contributed by atoms with van der Waals surface area (Å²) in [5.74, 6) is -0.259. The van der Waals surface area contributed by atoms with Crippen molar-refractivity contribution in [3.05, 3.63) is 116 Å². The molecule has 2 heterocycles. The highest BCUT2D eigenvalue weighted by atomic mass is 35.5. The summed E-state index contributed by atoms with van der Waals surface area (Å²) in [6, 6.07) is 24.2. The highest BCUT2D eigenvalue weighted by molar-refractivity contribution is 7.71. The minimum Gasteiger partial charge on any atom is -0.494 e. The average molecular weight is 458 g/mol. The van der Waals surface area contributed by atoms with E-state index in [0.29, 0.717) is 10.7 Å². The Kier molecular flexibility index (Phi) is 5.09. The number of allylic oxidation sites excluding steroid dienone is 1. The van der Waals surface area contributed by atoms with E-state index in [9.17, 15) is 9.90 Å². The predicted molar refractivity (Wildman–Crippen MR) is 131 cm³/mol. The van der Waals surface area contributed by atoms with Crippen LogP contribution in [0, 0.1) is 4.77 Å². The third kappa shape index (κ3) is 3.49. The first kappa shape index (κ1) is 20.2. The number of halogens is 1. The zero-order valence-corrected chi connectivity index (χ0v) is 18.2. The van der Waals surface area contributed by atoms with E-state index in [1.807, 2.05) is 54.6 Å². The molecule has 32 heavy (non-hydrogen) atoms. The molecule has 0 spiro atoms. The number of rotatable bonds is 3. The van der Waals surface area contributed by atoms with Gasteiger partial charge in [-0.15, -0.1) is 0 Å². The molecule has 0 bridgehead atoms. The van der Waals surface area contributed by atoms with E-state index in [4.69, 9.17) is 28.8 Å². The molecule has 0 saturated carbocycles. The number of benzene rings is 3. The number of para-hydroxylation sites is 1. The lowest BCUT2D eigenvalue weighted by Crippen LogP contribution is -2.16. The lowest BCUT2D eigenvalue weighted by Gasteiger charge is -2.12. The molecule has 0 atom stereocenters. The van der Waals surface area contributed by atoms with Crippen LogP contribution in [0.15, 0.2) is 88.6 Å². The Morgan fingerprint density at radius 3 is 2.41 bits per heavy atom. The van der Waals surface area contributed by atoms with Crippen molar-refractivity contribution < 1.29 is 5.11 Å². The zero-order chi connectivity index (χ0) is 22.2. The molecule has 0 radical (unpaired) electrons. The summed E-state index contributed by atoms with van der Waals surface area (Å²) in [6.45, 7) is 0. The fourth-order valence-corrected chi connectivity index (χ4v) is 4.12. The molecule has 1 aliphatic heterocycles. The summed E-state index contributed by atoms with van der Waals surface area (Å²) in [5, 5.41) is 11.7. The van der Waals surface area contributed by atoms with Crippen LogP contribution in [-0.4, -0.2) is 20.4 Å². The fourth-order valence-electron chi connectivity index (χ4n) is 3.71. The quantitative estimate of drug-likeness (QED) is 0.374. The molecule has 4 aromatic rings. The Morgan fingerprint density at radius 1 is 0.969 bits per heavy atom. The Labute approximate surface area is 193 Å². The fraction of sp³-hybridized carbons (Fsp3) is 0. The number of nitrogens with zero attached hydrogens (tertiary/aromatic N) is 2. The van der Waals surface area contributed by atoms with Crippen molar-refractivity contribution in [3.63, 3.8) is 0 Å². The summed E-state index contributed by atoms with van der Waals surface area (Å²) in [7, 11) is 0. The van der Waals surface area contributed by atoms with Gasteiger partial charge in [0.05, 0.1) is 17.1 Å². The number of hydrogen-bond donors (Lipinski definition) is 2. The lowest BCUT2D eigenvalue weighted by atomic mass is 9.96. The summed E-state index contributed by atoms with van der Waals surface area (Å²) in [5.41, 5.74) is 4.25. The number of fused-ring (bicyclic) bond motifs is 1. The largest absolute Gasteiger partial charge is 0.494 e. The van der Waals surface area contributed by atoms with Crippen molar-refractivity contribution >= 4 is 46.9 Å². The maximum absolute atomic E-state index is 12.8. The van der Waals surface area contributed by atoms with Gasteiger partial charge in [0.15, 0.2) is 4.77 Å². The van der Waals surface area contributed by atoms with Gasteiger partial charge in [0, 0.05) is 21.7 Å². The molecule has 2 N–H and O–H groups in total. The number of aromatic hydroxyl groups is 1. The van der Waals surface area contributed by atoms with Crippen LogP contribution in [0.3, 0.4) is 0 Å². The molecule has 5 rings (SSSR count). The van der Waals surface area contributed by atoms with Gasteiger partial charge in [-0.3, -0.25) is 14.3 Å². The van der Waals surface area contributed by atoms with Gasteiger partial charge < -0.3 is 5.11 Å². The Balaban J connectivity index is 1.74. The molecule has 0 unspecified atom stereocenters. The molecule has 0 saturated heterocycles. The zero-order valence-electron chi connectivity index (χ0n) is 16.6. The van der Waals surface area contributed by atoms with E-state index in [-0.39, 0.29) is 16.2 Å². The first-order chi connectivity index (χ1) is 15.5. The molecule has 3 aromatic carbocycles. The van der Waals surface area contributed by atoms with Crippen molar-refractivity contribution in [1.29, 1.82) is 0 Å². The number of aromatic nitrogens is 2. The normalized spacial score (nSPS) is 13.8. The second-order valence-electron chi connectivity index (χ2n) is 7.21. The second kappa shape index (κ2) is 8.07. The third-order valence-corrected chi connectivity index (χ3v) is 5.76. The molecule has 5 nitrogen and oxygen atoms in total. The number of hydrogen-bond acceptors (Lipinski definition) is 4. The van der Waals surface area contributed by atoms with Crippen LogP contribution in [0.4, 0.5) is 5.69 Å². The number of H-pyrrole nitrogens is 1. The average Bonchev–Trinajstić information content (AvgIpc) is 3.17. The van der Waals surface area contributed by atoms with Crippen LogP contribution in [0.5, 0.6) is 5.88 Å². The van der Waals surface area contributed by atoms with Gasteiger partial charge in [-0.1, -0.05) is 60.1 Å². The van der Waals surface area contributed by atoms with E-state index < -0.39 is 5.56 Å². The van der Waals surface area contributed by atoms with Crippen LogP contribution in [-0.2, 0) is 0 Å². The minimum absolute atomic E-state index is 0.0840. The molecular weight excluding hydrogens is 442 g/mol. The van der Waals surface area contributed by atoms with Crippen molar-refractivity contribution in [2.24, 2.45) is 4.99 Å². The number of nitrogens with one attached hydrogen (secondary N) is 1. The van der Waals surface area contributed by atoms with Crippen LogP contribution in [0.25, 0.3) is 17.3 Å². The van der Waals surface area contributed by atoms with E-state index in [2.05, 4.69) is 4.98 Å². The van der Waals surface area contributed by atoms with Crippen LogP contribution >= 0.6 is 23.8 Å². The molecule has 1 aromatic heterocycles. The Hall–Kier alpha value is -3.74. The maximum atomic E-state index is 12.8. The second-order valence-corrected chi connectivity index (χ2v) is 8.03. The number of aliphatic imine (C=N–C) groups is 1. The summed E-state index contributed by atoms with van der Waals surface area (Å²) < 4.78 is 1.49. The lowest BCUT2D eigenvalue weighted by molar-refractivity contribution is 0.432. The maximum Gasteiger partial charge on any atom is 0.262 e. The molecule has 1 aliphatic rings. The van der Waals surface area contributed by atoms with Crippen molar-refractivity contribution in [1.82, 2.24) is 9.55 Å². The molecule has 156 valence electrons. The third-order valence-electron chi connectivity index (χ3n) is 5.22. The predicted octanol–water partition coefficient (Wildman–Crippen LogP) is 5.93. The van der Waals surface area contributed by atoms with Crippen molar-refractivity contribution in [2.75, 3.05) is 0 Å². The molecule has 0 aliphatic carbocycles. The van der Waals surface area contributed by atoms with E-state index >= 15 is 0 Å². The first-order valence-electron chi connectivity index (χ1n) is 9.83. The van der Waals surface area contributed by atoms with E-state index in [1.54, 1.807) is 30.3 Å². The molecule has 0 fully saturated rings. The van der Waals surface area contributed by atoms with Crippen LogP contribution in [0.2, 0.25) is 5.02 Å². The van der Waals surface area contributed by atoms with E-state index in [1.165, 1.54) is 4.57 Å². The summed E-state index contributed by atoms with van der Waals surface area (Å²) in [6.07, 6.45) is 1.66. The van der Waals surface area contributed by atoms with Gasteiger partial charge in [-0.05, 0) is 48.6 Å². The summed E-state index contributed by atoms with van der Waals surface area (Å²) in [4.78, 5) is 20.3. The van der Waals surface area contributed by atoms with Crippen molar-refractivity contribution in [3.8, 4) is 11.6 Å². The van der Waals surface area contributed by atoms with Crippen molar-refractivity contribution in [2.45, 2.75) is 0 Å². The Morgan fingerprint density at radius 2 is 1.66 bits per heavy atom. The molecule has 7 heteroatoms. The highest BCUT2D eigenvalue weighted by Gasteiger charge is 2.23. The van der Waals surface area contributed by atoms with Gasteiger partial charge >= 0.3 is 0 Å². The van der Waals surface area contributed by atoms with Gasteiger partial charge in [-0.25, -0.2) is 4.99 Å². The SMILES string of the molecule is O=c1[nH]c(=S)n(-c2ccc(Cl)cc2)c(O)c1/C=C1/C(c2ccccc2)=Nc2ccccc21. The van der Waals surface area contributed by atoms with Gasteiger partial charge in [-0.2, -0.15) is 0 Å². The monoisotopic (exact) mass is 457 g/mol. The topological polar surface area (TPSA) is 70.4 Å². The smallest absolute Gasteiger partial charge is 0.262 e. The van der Waals surface area contributed by atoms with Gasteiger partial charge in [0.2, 0.25) is 5.88 Å². The standard InChI is InChI=1S/C25H16ClN3O2S/c26-16-10-12-17(13-11-16)29-24(31)20(23(30)28-25(29)32)14-19-18-8-4-5-9-21(18)27-22(19)15-6-2-1-3-7-15/h1-14,31H,(H,28,30,32)/b19-14+. The summed E-state index contributed by atoms with van der Waals surface area (Å²) >= 11 is 11.3. The minimum atomic E-state index is -0.484. The van der Waals surface area contributed by atoms with E-state index in [0.717, 1.165) is 28.1 Å². The van der Waals surface area contributed by atoms with Gasteiger partial charge in [0.1, 0.15) is 5.56 Å². The highest BCUT2D eigenvalue weighted by Crippen LogP contribution is 2.38. The Bertz CT molecular complexity index is 1520. The number of aromatic amines is 1. The first-order valence-corrected chi connectivity index (χ1v) is 10.6. The molecule has 0 amide bonds. The van der Waals surface area contributed by atoms with Gasteiger partial charge in [0.25, 0.3) is 5.56 Å². The van der Waals surface area contributed by atoms with Crippen LogP contribution < -0.4 is 5.56 Å². The molecular formula is C25H16ClN3O2S. The van der Waals surface area contributed by atoms with Crippen LogP contribution in [0.1, 0.15) is 16.7 Å².